The molecule has 2 bridgehead atoms. The number of likely N-dealkylation sites (tertiary alicyclic amines) is 1. The van der Waals surface area contributed by atoms with Crippen LogP contribution in [0.15, 0.2) is 48.8 Å². The lowest BCUT2D eigenvalue weighted by Crippen LogP contribution is -2.54. The maximum Gasteiger partial charge on any atom is 0.410 e. The summed E-state index contributed by atoms with van der Waals surface area (Å²) in [6.07, 6.45) is 14.9. The average Bonchev–Trinajstić information content (AvgIpc) is 3.64. The SMILES string of the molecule is COc1ccc(C23CCC(CN(C(=O)C4CCCCC4)c4cccc(-c5cnn(C(C)(C)COC(=O)N6CC(O)C6)c5)n4)(CC2)CC3)cc1C. The van der Waals surface area contributed by atoms with Gasteiger partial charge in [0.2, 0.25) is 5.91 Å². The van der Waals surface area contributed by atoms with Crippen molar-refractivity contribution < 1.29 is 24.2 Å². The van der Waals surface area contributed by atoms with E-state index in [0.29, 0.717) is 19.6 Å². The molecule has 8 rings (SSSR count). The first-order chi connectivity index (χ1) is 24.0. The van der Waals surface area contributed by atoms with Crippen molar-refractivity contribution in [2.45, 2.75) is 108 Å². The summed E-state index contributed by atoms with van der Waals surface area (Å²) in [5.41, 5.74) is 3.93. The van der Waals surface area contributed by atoms with Crippen LogP contribution in [0.1, 0.15) is 95.6 Å². The minimum Gasteiger partial charge on any atom is -0.496 e. The van der Waals surface area contributed by atoms with Gasteiger partial charge in [-0.1, -0.05) is 37.5 Å². The number of amides is 2. The molecule has 10 nitrogen and oxygen atoms in total. The van der Waals surface area contributed by atoms with Crippen molar-refractivity contribution in [3.8, 4) is 17.0 Å². The van der Waals surface area contributed by atoms with E-state index in [4.69, 9.17) is 14.5 Å². The molecule has 10 heteroatoms. The van der Waals surface area contributed by atoms with Gasteiger partial charge in [-0.25, -0.2) is 9.78 Å². The normalized spacial score (nSPS) is 24.1. The van der Waals surface area contributed by atoms with Crippen LogP contribution in [0.4, 0.5) is 10.6 Å². The minimum atomic E-state index is -0.598. The molecule has 50 heavy (non-hydrogen) atoms. The molecule has 2 amide bonds. The van der Waals surface area contributed by atoms with E-state index in [0.717, 1.165) is 87.0 Å². The van der Waals surface area contributed by atoms with Crippen LogP contribution in [0.25, 0.3) is 11.3 Å². The number of aliphatic hydroxyl groups is 1. The second kappa shape index (κ2) is 13.7. The van der Waals surface area contributed by atoms with Gasteiger partial charge in [0.05, 0.1) is 43.7 Å². The number of carbonyl (C=O) groups is 2. The van der Waals surface area contributed by atoms with Crippen LogP contribution in [-0.2, 0) is 20.5 Å². The van der Waals surface area contributed by atoms with Gasteiger partial charge >= 0.3 is 6.09 Å². The number of hydrogen-bond donors (Lipinski definition) is 1. The molecule has 0 unspecified atom stereocenters. The largest absolute Gasteiger partial charge is 0.496 e. The fourth-order valence-corrected chi connectivity index (χ4v) is 8.84. The summed E-state index contributed by atoms with van der Waals surface area (Å²) in [4.78, 5) is 35.5. The number of methoxy groups -OCH3 is 1. The van der Waals surface area contributed by atoms with Crippen molar-refractivity contribution in [3.63, 3.8) is 0 Å². The predicted octanol–water partition coefficient (Wildman–Crippen LogP) is 7.02. The molecule has 4 aliphatic carbocycles. The van der Waals surface area contributed by atoms with Crippen LogP contribution in [0.5, 0.6) is 5.75 Å². The second-order valence-corrected chi connectivity index (χ2v) is 16.2. The summed E-state index contributed by atoms with van der Waals surface area (Å²) in [5, 5.41) is 14.1. The Hall–Kier alpha value is -3.92. The lowest BCUT2D eigenvalue weighted by Gasteiger charge is -2.55. The van der Waals surface area contributed by atoms with Crippen molar-refractivity contribution in [1.82, 2.24) is 19.7 Å². The van der Waals surface area contributed by atoms with Gasteiger partial charge in [-0.05, 0) is 112 Å². The van der Waals surface area contributed by atoms with Gasteiger partial charge in [-0.3, -0.25) is 14.4 Å². The van der Waals surface area contributed by atoms with Crippen LogP contribution in [0.2, 0.25) is 0 Å². The number of aryl methyl sites for hydroxylation is 1. The summed E-state index contributed by atoms with van der Waals surface area (Å²) in [5.74, 6) is 1.94. The first kappa shape index (κ1) is 34.5. The first-order valence-electron chi connectivity index (χ1n) is 18.6. The van der Waals surface area contributed by atoms with Crippen LogP contribution in [0.3, 0.4) is 0 Å². The average molecular weight is 684 g/mol. The Labute approximate surface area is 296 Å². The molecule has 1 aromatic carbocycles. The fourth-order valence-electron chi connectivity index (χ4n) is 8.84. The zero-order valence-corrected chi connectivity index (χ0v) is 30.2. The quantitative estimate of drug-likeness (QED) is 0.245. The van der Waals surface area contributed by atoms with E-state index in [2.05, 4.69) is 35.1 Å². The standard InChI is InChI=1S/C40H53N5O5/c1-28-21-31(13-14-34(28)49-4)40-18-15-39(16-19-40,17-20-40)26-44(36(47)29-9-6-5-7-10-29)35-12-8-11-33(42-35)30-22-41-45(23-30)38(2,3)27-50-37(48)43-24-32(46)25-43/h8,11-14,21-23,29,32,46H,5-7,9-10,15-20,24-27H2,1-4H3. The van der Waals surface area contributed by atoms with E-state index in [9.17, 15) is 14.7 Å². The van der Waals surface area contributed by atoms with Gasteiger partial charge < -0.3 is 19.5 Å². The molecule has 4 saturated carbocycles. The van der Waals surface area contributed by atoms with Crippen molar-refractivity contribution in [1.29, 1.82) is 0 Å². The van der Waals surface area contributed by atoms with E-state index < -0.39 is 17.7 Å². The lowest BCUT2D eigenvalue weighted by molar-refractivity contribution is -0.124. The lowest BCUT2D eigenvalue weighted by atomic mass is 9.51. The molecule has 0 spiro atoms. The molecular formula is C40H53N5O5. The maximum atomic E-state index is 14.4. The third-order valence-electron chi connectivity index (χ3n) is 12.3. The number of β-amino-alcohol motifs (C(OH)–C–C–N with tert-alkyl or cyclic N) is 1. The van der Waals surface area contributed by atoms with Crippen LogP contribution in [-0.4, -0.2) is 76.2 Å². The smallest absolute Gasteiger partial charge is 0.410 e. The van der Waals surface area contributed by atoms with Crippen LogP contribution >= 0.6 is 0 Å². The number of ether oxygens (including phenoxy) is 2. The van der Waals surface area contributed by atoms with Crippen molar-refractivity contribution in [2.75, 3.05) is 38.3 Å². The molecule has 5 fully saturated rings. The molecule has 3 aromatic rings. The van der Waals surface area contributed by atoms with Gasteiger partial charge in [0, 0.05) is 24.2 Å². The Morgan fingerprint density at radius 3 is 2.40 bits per heavy atom. The Bertz CT molecular complexity index is 1680. The number of carbonyl (C=O) groups excluding carboxylic acids is 2. The van der Waals surface area contributed by atoms with Gasteiger partial charge in [-0.2, -0.15) is 5.10 Å². The number of hydrogen-bond acceptors (Lipinski definition) is 7. The highest BCUT2D eigenvalue weighted by Crippen LogP contribution is 2.58. The molecule has 268 valence electrons. The van der Waals surface area contributed by atoms with E-state index in [-0.39, 0.29) is 29.3 Å². The molecule has 2 aromatic heterocycles. The summed E-state index contributed by atoms with van der Waals surface area (Å²) < 4.78 is 12.9. The Morgan fingerprint density at radius 2 is 1.74 bits per heavy atom. The molecule has 0 radical (unpaired) electrons. The summed E-state index contributed by atoms with van der Waals surface area (Å²) in [6, 6.07) is 12.7. The predicted molar refractivity (Wildman–Crippen MR) is 192 cm³/mol. The minimum absolute atomic E-state index is 0.0462. The third-order valence-corrected chi connectivity index (χ3v) is 12.3. The maximum absolute atomic E-state index is 14.4. The molecule has 1 aliphatic heterocycles. The molecule has 0 atom stereocenters. The molecule has 3 heterocycles. The Morgan fingerprint density at radius 1 is 1.02 bits per heavy atom. The molecule has 1 N–H and O–H groups in total. The van der Waals surface area contributed by atoms with Crippen molar-refractivity contribution in [2.24, 2.45) is 11.3 Å². The molecular weight excluding hydrogens is 630 g/mol. The van der Waals surface area contributed by atoms with Crippen LogP contribution in [0, 0.1) is 18.3 Å². The summed E-state index contributed by atoms with van der Waals surface area (Å²) in [7, 11) is 1.74. The summed E-state index contributed by atoms with van der Waals surface area (Å²) >= 11 is 0. The van der Waals surface area contributed by atoms with Gasteiger partial charge in [0.15, 0.2) is 0 Å². The Kier molecular flexibility index (Phi) is 9.43. The number of pyridine rings is 1. The zero-order valence-electron chi connectivity index (χ0n) is 30.2. The van der Waals surface area contributed by atoms with E-state index >= 15 is 0 Å². The molecule has 5 aliphatic rings. The number of rotatable bonds is 10. The van der Waals surface area contributed by atoms with E-state index in [1.165, 1.54) is 22.4 Å². The highest BCUT2D eigenvalue weighted by Gasteiger charge is 2.50. The van der Waals surface area contributed by atoms with Crippen LogP contribution < -0.4 is 9.64 Å². The topological polar surface area (TPSA) is 110 Å². The number of aromatic nitrogens is 3. The van der Waals surface area contributed by atoms with Crippen molar-refractivity contribution in [3.05, 3.63) is 59.9 Å². The number of aliphatic hydroxyl groups excluding tert-OH is 1. The number of nitrogens with zero attached hydrogens (tertiary/aromatic N) is 5. The Balaban J connectivity index is 1.09. The summed E-state index contributed by atoms with van der Waals surface area (Å²) in [6.45, 7) is 7.52. The second-order valence-electron chi connectivity index (χ2n) is 16.2. The number of fused-ring (bicyclic) bond motifs is 3. The van der Waals surface area contributed by atoms with Gasteiger partial charge in [0.25, 0.3) is 0 Å². The fraction of sp³-hybridized carbons (Fsp3) is 0.600. The van der Waals surface area contributed by atoms with Gasteiger partial charge in [0.1, 0.15) is 18.2 Å². The third kappa shape index (κ3) is 6.75. The highest BCUT2D eigenvalue weighted by atomic mass is 16.6. The first-order valence-corrected chi connectivity index (χ1v) is 18.6. The van der Waals surface area contributed by atoms with E-state index in [1.807, 2.05) is 38.2 Å². The number of benzene rings is 1. The number of anilines is 1. The highest BCUT2D eigenvalue weighted by molar-refractivity contribution is 5.94. The van der Waals surface area contributed by atoms with Crippen molar-refractivity contribution >= 4 is 17.8 Å². The molecule has 1 saturated heterocycles. The van der Waals surface area contributed by atoms with Gasteiger partial charge in [-0.15, -0.1) is 0 Å². The van der Waals surface area contributed by atoms with E-state index in [1.54, 1.807) is 18.0 Å². The monoisotopic (exact) mass is 683 g/mol. The zero-order chi connectivity index (χ0) is 35.1.